The van der Waals surface area contributed by atoms with Crippen molar-refractivity contribution in [2.45, 2.75) is 32.4 Å². The van der Waals surface area contributed by atoms with E-state index in [1.807, 2.05) is 0 Å². The van der Waals surface area contributed by atoms with Crippen molar-refractivity contribution in [3.63, 3.8) is 0 Å². The van der Waals surface area contributed by atoms with Gasteiger partial charge in [-0.15, -0.1) is 0 Å². The normalized spacial score (nSPS) is 19.2. The monoisotopic (exact) mass is 739 g/mol. The molecule has 0 aliphatic rings. The van der Waals surface area contributed by atoms with Crippen LogP contribution in [0.5, 0.6) is 0 Å². The predicted molar refractivity (Wildman–Crippen MR) is 128 cm³/mol. The van der Waals surface area contributed by atoms with E-state index < -0.39 is 91.7 Å². The highest BCUT2D eigenvalue weighted by Gasteiger charge is 2.70. The van der Waals surface area contributed by atoms with Crippen molar-refractivity contribution in [1.29, 1.82) is 0 Å². The van der Waals surface area contributed by atoms with Gasteiger partial charge in [-0.3, -0.25) is 32.0 Å². The summed E-state index contributed by atoms with van der Waals surface area (Å²) < 4.78 is 79.7. The van der Waals surface area contributed by atoms with E-state index in [4.69, 9.17) is 33.0 Å². The number of hydrogen-bond donors (Lipinski definition) is 14. The lowest BCUT2D eigenvalue weighted by Crippen LogP contribution is -2.53. The van der Waals surface area contributed by atoms with Crippen molar-refractivity contribution in [2.75, 3.05) is 6.16 Å². The number of alkyl halides is 2. The first kappa shape index (κ1) is 41.8. The molecule has 227 valence electrons. The van der Waals surface area contributed by atoms with E-state index in [2.05, 4.69) is 0 Å². The van der Waals surface area contributed by atoms with Crippen LogP contribution in [0.25, 0.3) is 0 Å². The fourth-order valence-electron chi connectivity index (χ4n) is 3.26. The van der Waals surface area contributed by atoms with Gasteiger partial charge < -0.3 is 68.5 Å². The van der Waals surface area contributed by atoms with E-state index in [9.17, 15) is 90.7 Å². The minimum atomic E-state index is -6.81. The number of halogens is 2. The lowest BCUT2D eigenvalue weighted by Gasteiger charge is -2.43. The third-order valence-electron chi connectivity index (χ3n) is 4.55. The van der Waals surface area contributed by atoms with Crippen LogP contribution in [0.3, 0.4) is 0 Å². The maximum absolute atomic E-state index is 12.3. The van der Waals surface area contributed by atoms with Gasteiger partial charge in [-0.1, -0.05) is 23.2 Å². The smallest absolute Gasteiger partial charge is 0.324 e. The van der Waals surface area contributed by atoms with Crippen molar-refractivity contribution < 1.29 is 100 Å². The molecule has 0 saturated carbocycles. The summed E-state index contributed by atoms with van der Waals surface area (Å²) in [6.07, 6.45) is -2.33. The van der Waals surface area contributed by atoms with Crippen molar-refractivity contribution in [2.24, 2.45) is 0 Å². The topological polar surface area (TPSA) is 403 Å². The SMILES string of the molecule is O=P(O)(O)CC(C(C(C(C(C(Cl)(Cl)P(=O)(O)O)P(=O)(O)O)P(=O)(O)O)P(=O)(O)O)P(=O)(O)O)P(=O)(O)O.[B]. The molecule has 0 aromatic heterocycles. The Labute approximate surface area is 223 Å². The zero-order valence-electron chi connectivity index (χ0n) is 17.7. The summed E-state index contributed by atoms with van der Waals surface area (Å²) in [6, 6.07) is 0. The van der Waals surface area contributed by atoms with Gasteiger partial charge >= 0.3 is 53.2 Å². The molecule has 0 rings (SSSR count). The molecule has 0 amide bonds. The Morgan fingerprint density at radius 3 is 1.00 bits per heavy atom. The molecule has 5 atom stereocenters. The molecule has 0 bridgehead atoms. The lowest BCUT2D eigenvalue weighted by molar-refractivity contribution is 0.282. The maximum atomic E-state index is 12.3. The molecule has 0 heterocycles. The minimum absolute atomic E-state index is 0. The Morgan fingerprint density at radius 2 is 0.816 bits per heavy atom. The minimum Gasteiger partial charge on any atom is -0.324 e. The Morgan fingerprint density at radius 1 is 0.500 bits per heavy atom. The summed E-state index contributed by atoms with van der Waals surface area (Å²) in [7, 11) is -45.6. The van der Waals surface area contributed by atoms with Crippen LogP contribution in [0, 0.1) is 0 Å². The zero-order chi connectivity index (χ0) is 30.6. The van der Waals surface area contributed by atoms with E-state index in [1.165, 1.54) is 0 Å². The first-order chi connectivity index (χ1) is 15.6. The highest BCUT2D eigenvalue weighted by Crippen LogP contribution is 2.75. The summed E-state index contributed by atoms with van der Waals surface area (Å²) in [5.41, 5.74) is -19.8. The van der Waals surface area contributed by atoms with Crippen molar-refractivity contribution >= 4 is 84.8 Å². The van der Waals surface area contributed by atoms with Gasteiger partial charge in [0, 0.05) is 8.41 Å². The number of hydrogen-bond acceptors (Lipinski definition) is 7. The van der Waals surface area contributed by atoms with Crippen LogP contribution in [-0.4, -0.2) is 115 Å². The summed E-state index contributed by atoms with van der Waals surface area (Å²) in [5, 5.41) is 0. The lowest BCUT2D eigenvalue weighted by atomic mass is 10.1. The van der Waals surface area contributed by atoms with Gasteiger partial charge in [-0.05, 0) is 0 Å². The second kappa shape index (κ2) is 12.7. The average molecular weight is 740 g/mol. The summed E-state index contributed by atoms with van der Waals surface area (Å²) in [5.74, 6) is 0. The zero-order valence-corrected chi connectivity index (χ0v) is 25.4. The summed E-state index contributed by atoms with van der Waals surface area (Å²) >= 11 is 10.6. The maximum Gasteiger partial charge on any atom is 0.362 e. The van der Waals surface area contributed by atoms with Crippen LogP contribution in [0.4, 0.5) is 0 Å². The molecule has 0 aliphatic heterocycles. The van der Waals surface area contributed by atoms with Gasteiger partial charge in [0.05, 0.1) is 28.8 Å². The highest BCUT2D eigenvalue weighted by molar-refractivity contribution is 7.64. The first-order valence-electron chi connectivity index (χ1n) is 8.32. The third kappa shape index (κ3) is 11.1. The molecule has 38 heavy (non-hydrogen) atoms. The van der Waals surface area contributed by atoms with Crippen LogP contribution in [-0.2, 0) is 32.0 Å². The molecular formula is C7H21BCl2O21P7. The molecular weight excluding hydrogens is 719 g/mol. The van der Waals surface area contributed by atoms with Gasteiger partial charge in [0.15, 0.2) is 0 Å². The van der Waals surface area contributed by atoms with Crippen LogP contribution < -0.4 is 0 Å². The molecule has 5 unspecified atom stereocenters. The molecule has 0 fully saturated rings. The predicted octanol–water partition coefficient (Wildman–Crippen LogP) is -2.18. The second-order valence-corrected chi connectivity index (χ2v) is 21.7. The van der Waals surface area contributed by atoms with E-state index in [1.54, 1.807) is 0 Å². The van der Waals surface area contributed by atoms with Gasteiger partial charge in [0.25, 0.3) is 0 Å². The average Bonchev–Trinajstić information content (AvgIpc) is 2.48. The molecule has 0 saturated heterocycles. The number of rotatable bonds is 13. The molecule has 0 aromatic carbocycles. The van der Waals surface area contributed by atoms with Crippen LogP contribution in [0.2, 0.25) is 0 Å². The Bertz CT molecular complexity index is 1180. The summed E-state index contributed by atoms with van der Waals surface area (Å²) in [4.78, 5) is 134. The van der Waals surface area contributed by atoms with Crippen molar-refractivity contribution in [1.82, 2.24) is 0 Å². The fraction of sp³-hybridized carbons (Fsp3) is 1.00. The molecule has 0 aromatic rings. The van der Waals surface area contributed by atoms with Crippen LogP contribution in [0.15, 0.2) is 0 Å². The van der Waals surface area contributed by atoms with Crippen molar-refractivity contribution in [3.05, 3.63) is 0 Å². The van der Waals surface area contributed by atoms with Gasteiger partial charge in [-0.25, -0.2) is 0 Å². The first-order valence-corrected chi connectivity index (χ1v) is 20.9. The van der Waals surface area contributed by atoms with Gasteiger partial charge in [-0.2, -0.15) is 0 Å². The van der Waals surface area contributed by atoms with E-state index in [0.717, 1.165) is 0 Å². The second-order valence-electron chi connectivity index (χ2n) is 7.41. The van der Waals surface area contributed by atoms with Gasteiger partial charge in [0.2, 0.25) is 4.07 Å². The quantitative estimate of drug-likeness (QED) is 0.0542. The molecule has 0 aliphatic carbocycles. The Kier molecular flexibility index (Phi) is 14.0. The molecule has 3 radical (unpaired) electrons. The van der Waals surface area contributed by atoms with Crippen molar-refractivity contribution in [3.8, 4) is 0 Å². The Balaban J connectivity index is 0. The van der Waals surface area contributed by atoms with E-state index >= 15 is 0 Å². The third-order valence-corrected chi connectivity index (χ3v) is 17.1. The summed E-state index contributed by atoms with van der Waals surface area (Å²) in [6.45, 7) is 0. The standard InChI is InChI=1S/C7H21Cl2O21P7.B/c8-7(9,37(28,29)30)6(36(25,26)27)5(35(22,23)24)4(34(19,20)21)3(33(16,17)18)2(32(13,14)15)1-31(10,11)12;/h2-6H,1H2,(H2,10,11,12)(H2,13,14,15)(H2,16,17,18)(H2,19,20,21)(H2,22,23,24)(H2,25,26,27)(H2,28,29,30);. The largest absolute Gasteiger partial charge is 0.362 e. The Hall–Kier alpha value is 1.69. The van der Waals surface area contributed by atoms with E-state index in [-0.39, 0.29) is 8.41 Å². The molecule has 14 N–H and O–H groups in total. The van der Waals surface area contributed by atoms with Crippen LogP contribution >= 0.6 is 76.4 Å². The molecule has 0 spiro atoms. The fourth-order valence-corrected chi connectivity index (χ4v) is 18.0. The molecule has 31 heteroatoms. The highest BCUT2D eigenvalue weighted by atomic mass is 35.5. The van der Waals surface area contributed by atoms with Crippen LogP contribution in [0.1, 0.15) is 0 Å². The van der Waals surface area contributed by atoms with Gasteiger partial charge in [0.1, 0.15) is 5.66 Å². The van der Waals surface area contributed by atoms with E-state index in [0.29, 0.717) is 0 Å². The molecule has 21 nitrogen and oxygen atoms in total.